The molecule has 1 aliphatic carbocycles. The van der Waals surface area contributed by atoms with Gasteiger partial charge >= 0.3 is 6.03 Å². The van der Waals surface area contributed by atoms with Crippen LogP contribution in [0.1, 0.15) is 30.1 Å². The minimum absolute atomic E-state index is 0.335. The molecule has 158 valence electrons. The van der Waals surface area contributed by atoms with Crippen LogP contribution in [0.5, 0.6) is 0 Å². The summed E-state index contributed by atoms with van der Waals surface area (Å²) in [6.45, 7) is 3.61. The molecule has 2 aliphatic rings. The summed E-state index contributed by atoms with van der Waals surface area (Å²) in [4.78, 5) is 17.1. The number of piperidine rings is 1. The highest BCUT2D eigenvalue weighted by molar-refractivity contribution is 5.72. The number of carbonyl (C=O) groups excluding carboxylic acids is 1. The number of fused-ring (bicyclic) bond motifs is 1. The molecule has 1 unspecified atom stereocenters. The van der Waals surface area contributed by atoms with Crippen LogP contribution in [-0.2, 0) is 6.54 Å². The maximum atomic E-state index is 11.2. The Labute approximate surface area is 179 Å². The summed E-state index contributed by atoms with van der Waals surface area (Å²) in [6.07, 6.45) is 2.82. The first-order chi connectivity index (χ1) is 15.0. The molecule has 3 aromatic rings. The molecule has 1 aliphatic heterocycles. The number of carbonyl (C=O) groups is 1. The third-order valence-corrected chi connectivity index (χ3v) is 6.07. The SMILES string of the molecule is C[C@H](O)c1nccn1Cc1cc(-c2ccc(C#CC3[C@H]4CN(C(N)=O)C[C@@H]34)cc2)on1. The fourth-order valence-electron chi connectivity index (χ4n) is 4.32. The Balaban J connectivity index is 1.22. The van der Waals surface area contributed by atoms with Crippen molar-refractivity contribution >= 4 is 6.03 Å². The highest BCUT2D eigenvalue weighted by atomic mass is 16.5. The average Bonchev–Trinajstić information content (AvgIpc) is 3.24. The second kappa shape index (κ2) is 7.60. The summed E-state index contributed by atoms with van der Waals surface area (Å²) in [5.74, 6) is 9.16. The smallest absolute Gasteiger partial charge is 0.314 e. The van der Waals surface area contributed by atoms with E-state index in [-0.39, 0.29) is 6.03 Å². The van der Waals surface area contributed by atoms with Crippen LogP contribution in [0.4, 0.5) is 4.79 Å². The van der Waals surface area contributed by atoms with Gasteiger partial charge in [-0.05, 0) is 43.0 Å². The van der Waals surface area contributed by atoms with E-state index in [1.54, 1.807) is 18.0 Å². The molecular formula is C23H23N5O3. The molecule has 8 heteroatoms. The molecule has 31 heavy (non-hydrogen) atoms. The number of nitrogens with zero attached hydrogens (tertiary/aromatic N) is 4. The van der Waals surface area contributed by atoms with Crippen LogP contribution < -0.4 is 5.73 Å². The lowest BCUT2D eigenvalue weighted by Gasteiger charge is -2.15. The van der Waals surface area contributed by atoms with Gasteiger partial charge in [0.15, 0.2) is 5.76 Å². The molecule has 1 aromatic carbocycles. The van der Waals surface area contributed by atoms with Gasteiger partial charge in [-0.25, -0.2) is 9.78 Å². The molecule has 3 heterocycles. The Hall–Kier alpha value is -3.57. The molecule has 0 radical (unpaired) electrons. The zero-order chi connectivity index (χ0) is 21.5. The lowest BCUT2D eigenvalue weighted by molar-refractivity contribution is 0.184. The van der Waals surface area contributed by atoms with Crippen LogP contribution in [-0.4, -0.2) is 43.8 Å². The average molecular weight is 417 g/mol. The van der Waals surface area contributed by atoms with Crippen LogP contribution >= 0.6 is 0 Å². The van der Waals surface area contributed by atoms with Gasteiger partial charge in [0, 0.05) is 48.6 Å². The van der Waals surface area contributed by atoms with E-state index in [0.717, 1.165) is 29.9 Å². The highest BCUT2D eigenvalue weighted by Gasteiger charge is 2.55. The van der Waals surface area contributed by atoms with Gasteiger partial charge in [-0.2, -0.15) is 0 Å². The third kappa shape index (κ3) is 3.80. The van der Waals surface area contributed by atoms with Gasteiger partial charge < -0.3 is 24.8 Å². The van der Waals surface area contributed by atoms with Crippen molar-refractivity contribution in [2.75, 3.05) is 13.1 Å². The number of aromatic nitrogens is 3. The quantitative estimate of drug-likeness (QED) is 0.633. The van der Waals surface area contributed by atoms with Crippen LogP contribution in [0.3, 0.4) is 0 Å². The molecule has 2 amide bonds. The number of nitrogens with two attached hydrogens (primary N) is 1. The molecule has 1 saturated carbocycles. The largest absolute Gasteiger partial charge is 0.385 e. The van der Waals surface area contributed by atoms with E-state index in [2.05, 4.69) is 22.0 Å². The first kappa shape index (κ1) is 19.4. The molecule has 2 fully saturated rings. The molecule has 1 saturated heterocycles. The maximum Gasteiger partial charge on any atom is 0.314 e. The normalized spacial score (nSPS) is 22.5. The number of primary amides is 1. The number of benzene rings is 1. The number of aliphatic hydroxyl groups is 1. The van der Waals surface area contributed by atoms with Crippen molar-refractivity contribution in [2.45, 2.75) is 19.6 Å². The maximum absolute atomic E-state index is 11.2. The number of likely N-dealkylation sites (tertiary alicyclic amines) is 1. The Morgan fingerprint density at radius 1 is 1.32 bits per heavy atom. The summed E-state index contributed by atoms with van der Waals surface area (Å²) in [7, 11) is 0. The van der Waals surface area contributed by atoms with Crippen LogP contribution in [0.15, 0.2) is 47.2 Å². The summed E-state index contributed by atoms with van der Waals surface area (Å²) in [5.41, 5.74) is 7.95. The monoisotopic (exact) mass is 417 g/mol. The Kier molecular flexibility index (Phi) is 4.75. The van der Waals surface area contributed by atoms with Gasteiger partial charge in [-0.3, -0.25) is 0 Å². The molecule has 3 N–H and O–H groups in total. The zero-order valence-electron chi connectivity index (χ0n) is 17.1. The standard InChI is InChI=1S/C23H23N5O3/c1-14(29)22-25-8-9-27(22)11-17-10-21(31-26-17)16-5-2-15(3-6-16)4-7-18-19-12-28(23(24)30)13-20(18)19/h2-3,5-6,8-10,14,18-20,29H,11-13H2,1H3,(H2,24,30)/t14-,18?,19-,20+/m0/s1. The molecular weight excluding hydrogens is 394 g/mol. The van der Waals surface area contributed by atoms with Crippen molar-refractivity contribution in [3.8, 4) is 23.2 Å². The fourth-order valence-corrected chi connectivity index (χ4v) is 4.32. The highest BCUT2D eigenvalue weighted by Crippen LogP contribution is 2.51. The second-order valence-electron chi connectivity index (χ2n) is 8.22. The Bertz CT molecular complexity index is 1160. The van der Waals surface area contributed by atoms with Crippen molar-refractivity contribution in [1.82, 2.24) is 19.6 Å². The number of hydrogen-bond donors (Lipinski definition) is 2. The topological polar surface area (TPSA) is 110 Å². The van der Waals surface area contributed by atoms with Crippen LogP contribution in [0, 0.1) is 29.6 Å². The minimum atomic E-state index is -0.646. The van der Waals surface area contributed by atoms with E-state index in [4.69, 9.17) is 10.3 Å². The van der Waals surface area contributed by atoms with Gasteiger partial charge in [0.05, 0.1) is 6.54 Å². The number of imidazole rings is 1. The van der Waals surface area contributed by atoms with Crippen molar-refractivity contribution in [2.24, 2.45) is 23.5 Å². The molecule has 5 rings (SSSR count). The predicted octanol–water partition coefficient (Wildman–Crippen LogP) is 2.25. The summed E-state index contributed by atoms with van der Waals surface area (Å²) in [5, 5.41) is 13.9. The molecule has 4 atom stereocenters. The predicted molar refractivity (Wildman–Crippen MR) is 112 cm³/mol. The first-order valence-electron chi connectivity index (χ1n) is 10.3. The summed E-state index contributed by atoms with van der Waals surface area (Å²) < 4.78 is 7.35. The van der Waals surface area contributed by atoms with Gasteiger partial charge in [-0.1, -0.05) is 17.0 Å². The van der Waals surface area contributed by atoms with Crippen molar-refractivity contribution < 1.29 is 14.4 Å². The third-order valence-electron chi connectivity index (χ3n) is 6.07. The second-order valence-corrected chi connectivity index (χ2v) is 8.22. The van der Waals surface area contributed by atoms with E-state index in [0.29, 0.717) is 35.9 Å². The van der Waals surface area contributed by atoms with E-state index < -0.39 is 6.10 Å². The van der Waals surface area contributed by atoms with E-state index in [9.17, 15) is 9.90 Å². The molecule has 0 bridgehead atoms. The van der Waals surface area contributed by atoms with Crippen molar-refractivity contribution in [3.63, 3.8) is 0 Å². The van der Waals surface area contributed by atoms with Gasteiger partial charge in [0.2, 0.25) is 0 Å². The van der Waals surface area contributed by atoms with E-state index in [1.807, 2.05) is 41.1 Å². The summed E-state index contributed by atoms with van der Waals surface area (Å²) in [6, 6.07) is 9.44. The summed E-state index contributed by atoms with van der Waals surface area (Å²) >= 11 is 0. The van der Waals surface area contributed by atoms with Crippen LogP contribution in [0.2, 0.25) is 0 Å². The Morgan fingerprint density at radius 2 is 2.06 bits per heavy atom. The van der Waals surface area contributed by atoms with E-state index in [1.165, 1.54) is 0 Å². The number of rotatable bonds is 4. The molecule has 2 aromatic heterocycles. The number of amides is 2. The zero-order valence-corrected chi connectivity index (χ0v) is 17.1. The molecule has 8 nitrogen and oxygen atoms in total. The molecule has 0 spiro atoms. The number of hydrogen-bond acceptors (Lipinski definition) is 5. The number of aliphatic hydroxyl groups excluding tert-OH is 1. The fraction of sp³-hybridized carbons (Fsp3) is 0.348. The van der Waals surface area contributed by atoms with Crippen molar-refractivity contribution in [3.05, 3.63) is 59.8 Å². The van der Waals surface area contributed by atoms with Crippen molar-refractivity contribution in [1.29, 1.82) is 0 Å². The van der Waals surface area contributed by atoms with Gasteiger partial charge in [0.25, 0.3) is 0 Å². The van der Waals surface area contributed by atoms with E-state index >= 15 is 0 Å². The van der Waals surface area contributed by atoms with Gasteiger partial charge in [0.1, 0.15) is 17.6 Å². The van der Waals surface area contributed by atoms with Crippen LogP contribution in [0.25, 0.3) is 11.3 Å². The Morgan fingerprint density at radius 3 is 2.74 bits per heavy atom. The van der Waals surface area contributed by atoms with Gasteiger partial charge in [-0.15, -0.1) is 0 Å². The minimum Gasteiger partial charge on any atom is -0.385 e. The first-order valence-corrected chi connectivity index (χ1v) is 10.3. The lowest BCUT2D eigenvalue weighted by atomic mass is 10.1. The lowest BCUT2D eigenvalue weighted by Crippen LogP contribution is -2.35. The number of urea groups is 1.